The zero-order valence-corrected chi connectivity index (χ0v) is 14.5. The Balaban J connectivity index is 2.30. The minimum Gasteiger partial charge on any atom is -0.508 e. The maximum absolute atomic E-state index is 10.4. The molecule has 1 aliphatic carbocycles. The molecule has 0 amide bonds. The molecule has 3 nitrogen and oxygen atoms in total. The number of benzene rings is 1. The zero-order chi connectivity index (χ0) is 17.0. The van der Waals surface area contributed by atoms with Crippen molar-refractivity contribution in [2.75, 3.05) is 6.61 Å². The highest BCUT2D eigenvalue weighted by molar-refractivity contribution is 5.48. The van der Waals surface area contributed by atoms with E-state index in [-0.39, 0.29) is 24.9 Å². The van der Waals surface area contributed by atoms with E-state index in [9.17, 15) is 15.3 Å². The second kappa shape index (κ2) is 7.98. The van der Waals surface area contributed by atoms with Crippen LogP contribution in [0.5, 0.6) is 5.75 Å². The monoisotopic (exact) mass is 318 g/mol. The Morgan fingerprint density at radius 2 is 2.00 bits per heavy atom. The molecule has 0 fully saturated rings. The third kappa shape index (κ3) is 4.15. The predicted octanol–water partition coefficient (Wildman–Crippen LogP) is 4.22. The molecular weight excluding hydrogens is 288 g/mol. The number of aromatic hydroxyl groups is 1. The van der Waals surface area contributed by atoms with Crippen molar-refractivity contribution in [2.45, 2.75) is 64.9 Å². The highest BCUT2D eigenvalue weighted by atomic mass is 16.3. The van der Waals surface area contributed by atoms with Gasteiger partial charge in [-0.15, -0.1) is 0 Å². The summed E-state index contributed by atoms with van der Waals surface area (Å²) in [5.41, 5.74) is 4.13. The van der Waals surface area contributed by atoms with Crippen LogP contribution in [0.2, 0.25) is 0 Å². The molecule has 0 radical (unpaired) electrons. The number of allylic oxidation sites excluding steroid dienone is 2. The van der Waals surface area contributed by atoms with Crippen LogP contribution in [0.15, 0.2) is 23.8 Å². The summed E-state index contributed by atoms with van der Waals surface area (Å²) in [6.45, 7) is 6.52. The Kier molecular flexibility index (Phi) is 6.25. The fourth-order valence-corrected chi connectivity index (χ4v) is 3.85. The summed E-state index contributed by atoms with van der Waals surface area (Å²) in [6.07, 6.45) is 6.40. The summed E-state index contributed by atoms with van der Waals surface area (Å²) in [6, 6.07) is 3.66. The average Bonchev–Trinajstić information content (AvgIpc) is 2.52. The van der Waals surface area contributed by atoms with Crippen LogP contribution in [0.25, 0.3) is 0 Å². The standard InChI is InChI=1S/C20H30O3/c1-13(2)5-4-6-14(3)17-8-7-16(12-22)20-18(17)9-15(11-21)10-19(20)23/h5,9-10,14,16-17,21-23H,4,6-8,11-12H2,1-3H3. The van der Waals surface area contributed by atoms with Crippen LogP contribution in [0.3, 0.4) is 0 Å². The van der Waals surface area contributed by atoms with Crippen LogP contribution in [-0.4, -0.2) is 21.9 Å². The highest BCUT2D eigenvalue weighted by Crippen LogP contribution is 2.47. The van der Waals surface area contributed by atoms with Gasteiger partial charge in [0, 0.05) is 11.5 Å². The smallest absolute Gasteiger partial charge is 0.119 e. The van der Waals surface area contributed by atoms with E-state index in [4.69, 9.17) is 0 Å². The molecule has 3 unspecified atom stereocenters. The maximum atomic E-state index is 10.4. The van der Waals surface area contributed by atoms with Crippen LogP contribution >= 0.6 is 0 Å². The van der Waals surface area contributed by atoms with E-state index in [0.29, 0.717) is 11.8 Å². The van der Waals surface area contributed by atoms with Crippen molar-refractivity contribution in [1.29, 1.82) is 0 Å². The second-order valence-corrected chi connectivity index (χ2v) is 7.18. The molecule has 0 bridgehead atoms. The van der Waals surface area contributed by atoms with Crippen LogP contribution < -0.4 is 0 Å². The molecule has 0 saturated heterocycles. The van der Waals surface area contributed by atoms with Gasteiger partial charge in [0.2, 0.25) is 0 Å². The fraction of sp³-hybridized carbons (Fsp3) is 0.600. The molecule has 1 aromatic carbocycles. The van der Waals surface area contributed by atoms with Crippen molar-refractivity contribution in [2.24, 2.45) is 5.92 Å². The lowest BCUT2D eigenvalue weighted by Gasteiger charge is -2.35. The Labute approximate surface area is 139 Å². The molecule has 3 heteroatoms. The Hall–Kier alpha value is -1.32. The molecule has 0 aliphatic heterocycles. The summed E-state index contributed by atoms with van der Waals surface area (Å²) < 4.78 is 0. The molecule has 0 aromatic heterocycles. The number of rotatable bonds is 6. The lowest BCUT2D eigenvalue weighted by molar-refractivity contribution is 0.236. The zero-order valence-electron chi connectivity index (χ0n) is 14.5. The number of phenolic OH excluding ortho intramolecular Hbond substituents is 1. The van der Waals surface area contributed by atoms with Crippen molar-refractivity contribution in [3.05, 3.63) is 40.5 Å². The number of phenols is 1. The largest absolute Gasteiger partial charge is 0.508 e. The lowest BCUT2D eigenvalue weighted by Crippen LogP contribution is -2.22. The van der Waals surface area contributed by atoms with Gasteiger partial charge in [0.1, 0.15) is 5.75 Å². The minimum absolute atomic E-state index is 0.0129. The van der Waals surface area contributed by atoms with Gasteiger partial charge in [-0.3, -0.25) is 0 Å². The number of aliphatic hydroxyl groups is 2. The third-order valence-electron chi connectivity index (χ3n) is 5.15. The minimum atomic E-state index is -0.0660. The first-order chi connectivity index (χ1) is 11.0. The molecule has 23 heavy (non-hydrogen) atoms. The van der Waals surface area contributed by atoms with E-state index in [1.807, 2.05) is 6.07 Å². The average molecular weight is 318 g/mol. The highest BCUT2D eigenvalue weighted by Gasteiger charge is 2.32. The van der Waals surface area contributed by atoms with Gasteiger partial charge in [-0.05, 0) is 68.6 Å². The van der Waals surface area contributed by atoms with Crippen molar-refractivity contribution >= 4 is 0 Å². The molecule has 2 rings (SSSR count). The van der Waals surface area contributed by atoms with E-state index < -0.39 is 0 Å². The quantitative estimate of drug-likeness (QED) is 0.688. The van der Waals surface area contributed by atoms with Crippen LogP contribution in [0, 0.1) is 5.92 Å². The summed E-state index contributed by atoms with van der Waals surface area (Å²) in [5, 5.41) is 29.5. The first-order valence-corrected chi connectivity index (χ1v) is 8.68. The van der Waals surface area contributed by atoms with Crippen molar-refractivity contribution in [1.82, 2.24) is 0 Å². The summed E-state index contributed by atoms with van der Waals surface area (Å²) in [7, 11) is 0. The van der Waals surface area contributed by atoms with Gasteiger partial charge < -0.3 is 15.3 Å². The van der Waals surface area contributed by atoms with Crippen molar-refractivity contribution in [3.63, 3.8) is 0 Å². The molecule has 0 saturated carbocycles. The number of fused-ring (bicyclic) bond motifs is 1. The first-order valence-electron chi connectivity index (χ1n) is 8.68. The molecule has 3 N–H and O–H groups in total. The van der Waals surface area contributed by atoms with E-state index in [2.05, 4.69) is 26.8 Å². The van der Waals surface area contributed by atoms with Crippen molar-refractivity contribution in [3.8, 4) is 5.75 Å². The molecule has 0 spiro atoms. The van der Waals surface area contributed by atoms with E-state index >= 15 is 0 Å². The topological polar surface area (TPSA) is 60.7 Å². The van der Waals surface area contributed by atoms with Crippen LogP contribution in [0.1, 0.15) is 75.0 Å². The van der Waals surface area contributed by atoms with E-state index in [1.54, 1.807) is 6.07 Å². The molecule has 3 atom stereocenters. The Bertz CT molecular complexity index is 558. The molecule has 128 valence electrons. The van der Waals surface area contributed by atoms with Gasteiger partial charge in [0.25, 0.3) is 0 Å². The third-order valence-corrected chi connectivity index (χ3v) is 5.15. The molecular formula is C20H30O3. The van der Waals surface area contributed by atoms with E-state index in [0.717, 1.165) is 42.4 Å². The van der Waals surface area contributed by atoms with Gasteiger partial charge in [-0.25, -0.2) is 0 Å². The van der Waals surface area contributed by atoms with E-state index in [1.165, 1.54) is 5.57 Å². The normalized spacial score (nSPS) is 21.6. The number of hydrogen-bond acceptors (Lipinski definition) is 3. The fourth-order valence-electron chi connectivity index (χ4n) is 3.85. The van der Waals surface area contributed by atoms with Gasteiger partial charge in [0.15, 0.2) is 0 Å². The Morgan fingerprint density at radius 1 is 1.26 bits per heavy atom. The van der Waals surface area contributed by atoms with Gasteiger partial charge in [-0.1, -0.05) is 24.6 Å². The molecule has 0 heterocycles. The van der Waals surface area contributed by atoms with Gasteiger partial charge >= 0.3 is 0 Å². The number of hydrogen-bond donors (Lipinski definition) is 3. The molecule has 1 aliphatic rings. The maximum Gasteiger partial charge on any atom is 0.119 e. The lowest BCUT2D eigenvalue weighted by atomic mass is 9.70. The molecule has 1 aromatic rings. The SMILES string of the molecule is CC(C)=CCCC(C)C1CCC(CO)c2c(O)cc(CO)cc21. The first kappa shape index (κ1) is 18.0. The second-order valence-electron chi connectivity index (χ2n) is 7.18. The van der Waals surface area contributed by atoms with Gasteiger partial charge in [0.05, 0.1) is 13.2 Å². The van der Waals surface area contributed by atoms with Gasteiger partial charge in [-0.2, -0.15) is 0 Å². The number of aliphatic hydroxyl groups excluding tert-OH is 2. The Morgan fingerprint density at radius 3 is 2.61 bits per heavy atom. The predicted molar refractivity (Wildman–Crippen MR) is 93.7 cm³/mol. The van der Waals surface area contributed by atoms with Crippen LogP contribution in [-0.2, 0) is 6.61 Å². The summed E-state index contributed by atoms with van der Waals surface area (Å²) >= 11 is 0. The van der Waals surface area contributed by atoms with Crippen LogP contribution in [0.4, 0.5) is 0 Å². The summed E-state index contributed by atoms with van der Waals surface area (Å²) in [4.78, 5) is 0. The van der Waals surface area contributed by atoms with Crippen molar-refractivity contribution < 1.29 is 15.3 Å². The summed E-state index contributed by atoms with van der Waals surface area (Å²) in [5.74, 6) is 1.14.